The number of rotatable bonds is 4. The van der Waals surface area contributed by atoms with Crippen molar-refractivity contribution in [2.75, 3.05) is 0 Å². The third kappa shape index (κ3) is 2.86. The van der Waals surface area contributed by atoms with Gasteiger partial charge in [0.25, 0.3) is 0 Å². The van der Waals surface area contributed by atoms with Gasteiger partial charge in [-0.2, -0.15) is 0 Å². The van der Waals surface area contributed by atoms with Crippen LogP contribution >= 0.6 is 0 Å². The summed E-state index contributed by atoms with van der Waals surface area (Å²) in [4.78, 5) is 15.1. The Morgan fingerprint density at radius 1 is 1.29 bits per heavy atom. The lowest BCUT2D eigenvalue weighted by Crippen LogP contribution is -2.00. The summed E-state index contributed by atoms with van der Waals surface area (Å²) in [7, 11) is 0. The zero-order valence-corrected chi connectivity index (χ0v) is 11.4. The summed E-state index contributed by atoms with van der Waals surface area (Å²) in [6.07, 6.45) is 0. The summed E-state index contributed by atoms with van der Waals surface area (Å²) < 4.78 is 11.1. The molecule has 1 N–H and O–H groups in total. The Labute approximate surface area is 120 Å². The largest absolute Gasteiger partial charge is 0.489 e. The molecule has 1 heterocycles. The van der Waals surface area contributed by atoms with Crippen molar-refractivity contribution in [1.29, 1.82) is 0 Å². The normalized spacial score (nSPS) is 10.7. The van der Waals surface area contributed by atoms with Crippen LogP contribution in [0.5, 0.6) is 5.75 Å². The first kappa shape index (κ1) is 13.2. The minimum atomic E-state index is -0.949. The van der Waals surface area contributed by atoms with Crippen molar-refractivity contribution in [1.82, 2.24) is 4.98 Å². The number of fused-ring (bicyclic) bond motifs is 1. The van der Waals surface area contributed by atoms with E-state index < -0.39 is 5.97 Å². The molecule has 0 aliphatic rings. The molecule has 5 nitrogen and oxygen atoms in total. The second kappa shape index (κ2) is 5.28. The van der Waals surface area contributed by atoms with Gasteiger partial charge in [-0.25, -0.2) is 9.78 Å². The van der Waals surface area contributed by atoms with Gasteiger partial charge in [0.1, 0.15) is 17.9 Å². The fourth-order valence-electron chi connectivity index (χ4n) is 2.07. The summed E-state index contributed by atoms with van der Waals surface area (Å²) in [5.41, 5.74) is 2.50. The molecule has 21 heavy (non-hydrogen) atoms. The number of aromatic nitrogens is 1. The van der Waals surface area contributed by atoms with Gasteiger partial charge in [0.2, 0.25) is 0 Å². The Bertz CT molecular complexity index is 807. The van der Waals surface area contributed by atoms with Crippen molar-refractivity contribution in [2.45, 2.75) is 13.5 Å². The van der Waals surface area contributed by atoms with Crippen molar-refractivity contribution in [3.05, 3.63) is 59.5 Å². The summed E-state index contributed by atoms with van der Waals surface area (Å²) >= 11 is 0. The molecule has 2 aromatic carbocycles. The number of nitrogens with zero attached hydrogens (tertiary/aromatic N) is 1. The van der Waals surface area contributed by atoms with E-state index >= 15 is 0 Å². The second-order valence-corrected chi connectivity index (χ2v) is 4.66. The van der Waals surface area contributed by atoms with E-state index in [-0.39, 0.29) is 5.56 Å². The highest BCUT2D eigenvalue weighted by atomic mass is 16.5. The zero-order chi connectivity index (χ0) is 14.8. The Balaban J connectivity index is 1.76. The molecule has 3 rings (SSSR count). The molecular formula is C16H13NO4. The molecule has 0 bridgehead atoms. The van der Waals surface area contributed by atoms with Gasteiger partial charge < -0.3 is 14.3 Å². The average Bonchev–Trinajstić information content (AvgIpc) is 2.84. The average molecular weight is 283 g/mol. The van der Waals surface area contributed by atoms with E-state index in [1.165, 1.54) is 0 Å². The van der Waals surface area contributed by atoms with Crippen LogP contribution in [0.1, 0.15) is 21.8 Å². The fraction of sp³-hybridized carbons (Fsp3) is 0.125. The minimum absolute atomic E-state index is 0.248. The van der Waals surface area contributed by atoms with Gasteiger partial charge in [0.15, 0.2) is 11.5 Å². The molecule has 0 unspecified atom stereocenters. The van der Waals surface area contributed by atoms with Crippen molar-refractivity contribution in [2.24, 2.45) is 0 Å². The van der Waals surface area contributed by atoms with Crippen LogP contribution in [0.4, 0.5) is 0 Å². The number of carboxylic acids is 1. The topological polar surface area (TPSA) is 72.6 Å². The number of ether oxygens (including phenoxy) is 1. The van der Waals surface area contributed by atoms with E-state index in [9.17, 15) is 4.79 Å². The number of oxazole rings is 1. The third-order valence-electron chi connectivity index (χ3n) is 3.05. The van der Waals surface area contributed by atoms with E-state index in [0.29, 0.717) is 23.8 Å². The standard InChI is InChI=1S/C16H13NO4/c1-10-17-14-6-5-13(8-15(14)21-10)20-9-11-3-2-4-12(7-11)16(18)19/h2-8H,9H2,1H3,(H,18,19). The van der Waals surface area contributed by atoms with Crippen molar-refractivity contribution in [3.8, 4) is 5.75 Å². The van der Waals surface area contributed by atoms with Gasteiger partial charge in [0, 0.05) is 13.0 Å². The molecule has 3 aromatic rings. The molecule has 0 saturated carbocycles. The van der Waals surface area contributed by atoms with Gasteiger partial charge in [-0.1, -0.05) is 12.1 Å². The molecule has 5 heteroatoms. The van der Waals surface area contributed by atoms with Crippen LogP contribution in [0.25, 0.3) is 11.1 Å². The Morgan fingerprint density at radius 2 is 2.14 bits per heavy atom. The molecule has 0 amide bonds. The maximum Gasteiger partial charge on any atom is 0.335 e. The highest BCUT2D eigenvalue weighted by Crippen LogP contribution is 2.22. The van der Waals surface area contributed by atoms with E-state index in [1.807, 2.05) is 18.2 Å². The Kier molecular flexibility index (Phi) is 3.31. The van der Waals surface area contributed by atoms with Gasteiger partial charge in [-0.05, 0) is 29.8 Å². The second-order valence-electron chi connectivity index (χ2n) is 4.66. The Morgan fingerprint density at radius 3 is 2.95 bits per heavy atom. The monoisotopic (exact) mass is 283 g/mol. The molecule has 1 aromatic heterocycles. The lowest BCUT2D eigenvalue weighted by Gasteiger charge is -2.06. The van der Waals surface area contributed by atoms with Crippen LogP contribution < -0.4 is 4.74 Å². The van der Waals surface area contributed by atoms with E-state index in [0.717, 1.165) is 11.1 Å². The van der Waals surface area contributed by atoms with Crippen LogP contribution in [0.3, 0.4) is 0 Å². The smallest absolute Gasteiger partial charge is 0.335 e. The number of carbonyl (C=O) groups is 1. The van der Waals surface area contributed by atoms with Crippen molar-refractivity contribution < 1.29 is 19.1 Å². The fourth-order valence-corrected chi connectivity index (χ4v) is 2.07. The predicted molar refractivity (Wildman–Crippen MR) is 76.5 cm³/mol. The van der Waals surface area contributed by atoms with E-state index in [4.69, 9.17) is 14.3 Å². The molecule has 0 radical (unpaired) electrons. The van der Waals surface area contributed by atoms with Gasteiger partial charge >= 0.3 is 5.97 Å². The van der Waals surface area contributed by atoms with Crippen LogP contribution in [-0.4, -0.2) is 16.1 Å². The molecule has 0 fully saturated rings. The first-order valence-corrected chi connectivity index (χ1v) is 6.44. The van der Waals surface area contributed by atoms with Crippen LogP contribution in [-0.2, 0) is 6.61 Å². The number of hydrogen-bond acceptors (Lipinski definition) is 4. The van der Waals surface area contributed by atoms with Crippen LogP contribution in [0.2, 0.25) is 0 Å². The lowest BCUT2D eigenvalue weighted by atomic mass is 10.1. The number of hydrogen-bond donors (Lipinski definition) is 1. The maximum atomic E-state index is 10.9. The highest BCUT2D eigenvalue weighted by molar-refractivity contribution is 5.87. The van der Waals surface area contributed by atoms with Gasteiger partial charge in [0.05, 0.1) is 5.56 Å². The van der Waals surface area contributed by atoms with Crippen LogP contribution in [0, 0.1) is 6.92 Å². The van der Waals surface area contributed by atoms with Crippen molar-refractivity contribution >= 4 is 17.1 Å². The summed E-state index contributed by atoms with van der Waals surface area (Å²) in [5, 5.41) is 8.96. The summed E-state index contributed by atoms with van der Waals surface area (Å²) in [6, 6.07) is 12.1. The molecule has 0 aliphatic heterocycles. The SMILES string of the molecule is Cc1nc2ccc(OCc3cccc(C(=O)O)c3)cc2o1. The first-order valence-electron chi connectivity index (χ1n) is 6.44. The Hall–Kier alpha value is -2.82. The van der Waals surface area contributed by atoms with E-state index in [2.05, 4.69) is 4.98 Å². The molecular weight excluding hydrogens is 270 g/mol. The number of benzene rings is 2. The number of aryl methyl sites for hydroxylation is 1. The maximum absolute atomic E-state index is 10.9. The lowest BCUT2D eigenvalue weighted by molar-refractivity contribution is 0.0696. The predicted octanol–water partition coefficient (Wildman–Crippen LogP) is 3.41. The number of aromatic carboxylic acids is 1. The molecule has 0 spiro atoms. The van der Waals surface area contributed by atoms with Gasteiger partial charge in [-0.15, -0.1) is 0 Å². The molecule has 0 saturated heterocycles. The third-order valence-corrected chi connectivity index (χ3v) is 3.05. The highest BCUT2D eigenvalue weighted by Gasteiger charge is 2.06. The van der Waals surface area contributed by atoms with Crippen LogP contribution in [0.15, 0.2) is 46.9 Å². The molecule has 0 atom stereocenters. The number of carboxylic acid groups (broad SMARTS) is 1. The van der Waals surface area contributed by atoms with Crippen molar-refractivity contribution in [3.63, 3.8) is 0 Å². The molecule has 0 aliphatic carbocycles. The quantitative estimate of drug-likeness (QED) is 0.794. The summed E-state index contributed by atoms with van der Waals surface area (Å²) in [5.74, 6) is 0.311. The zero-order valence-electron chi connectivity index (χ0n) is 11.4. The molecule has 106 valence electrons. The first-order chi connectivity index (χ1) is 10.1. The minimum Gasteiger partial charge on any atom is -0.489 e. The summed E-state index contributed by atoms with van der Waals surface area (Å²) in [6.45, 7) is 2.08. The van der Waals surface area contributed by atoms with Gasteiger partial charge in [-0.3, -0.25) is 0 Å². The van der Waals surface area contributed by atoms with E-state index in [1.54, 1.807) is 31.2 Å².